The highest BCUT2D eigenvalue weighted by molar-refractivity contribution is 6.31. The lowest BCUT2D eigenvalue weighted by Gasteiger charge is -2.15. The molecule has 1 aliphatic heterocycles. The third kappa shape index (κ3) is 2.66. The number of rotatable bonds is 2. The van der Waals surface area contributed by atoms with Gasteiger partial charge in [0.2, 0.25) is 0 Å². The van der Waals surface area contributed by atoms with E-state index >= 15 is 0 Å². The Morgan fingerprint density at radius 3 is 3.00 bits per heavy atom. The standard InChI is InChI=1S/C9H14ClN/c1-3-4-9-6-8(10)5-7(2)11-9/h5,9H,3-4,6H2,1-2H3. The first-order valence-corrected chi connectivity index (χ1v) is 4.50. The number of hydrogen-bond donors (Lipinski definition) is 0. The minimum Gasteiger partial charge on any atom is -0.286 e. The van der Waals surface area contributed by atoms with Crippen LogP contribution < -0.4 is 0 Å². The summed E-state index contributed by atoms with van der Waals surface area (Å²) in [5.74, 6) is 0. The van der Waals surface area contributed by atoms with Crippen molar-refractivity contribution in [2.75, 3.05) is 0 Å². The number of nitrogens with zero attached hydrogens (tertiary/aromatic N) is 1. The Kier molecular flexibility index (Phi) is 3.13. The van der Waals surface area contributed by atoms with Crippen LogP contribution >= 0.6 is 11.6 Å². The van der Waals surface area contributed by atoms with Gasteiger partial charge in [-0.3, -0.25) is 4.99 Å². The lowest BCUT2D eigenvalue weighted by atomic mass is 10.1. The summed E-state index contributed by atoms with van der Waals surface area (Å²) in [6.45, 7) is 4.18. The third-order valence-corrected chi connectivity index (χ3v) is 2.07. The number of aliphatic imine (C=N–C) groups is 1. The molecule has 0 aromatic carbocycles. The smallest absolute Gasteiger partial charge is 0.0551 e. The lowest BCUT2D eigenvalue weighted by molar-refractivity contribution is 0.604. The molecule has 0 bridgehead atoms. The average molecular weight is 172 g/mol. The highest BCUT2D eigenvalue weighted by Gasteiger charge is 2.11. The van der Waals surface area contributed by atoms with Crippen LogP contribution in [0.25, 0.3) is 0 Å². The van der Waals surface area contributed by atoms with Crippen LogP contribution in [0.1, 0.15) is 33.1 Å². The molecule has 1 atom stereocenters. The molecule has 1 aliphatic rings. The fraction of sp³-hybridized carbons (Fsp3) is 0.667. The van der Waals surface area contributed by atoms with Crippen LogP contribution in [0.4, 0.5) is 0 Å². The van der Waals surface area contributed by atoms with E-state index in [1.807, 2.05) is 13.0 Å². The third-order valence-electron chi connectivity index (χ3n) is 1.80. The molecule has 0 amide bonds. The van der Waals surface area contributed by atoms with Gasteiger partial charge in [-0.15, -0.1) is 0 Å². The van der Waals surface area contributed by atoms with E-state index in [-0.39, 0.29) is 0 Å². The summed E-state index contributed by atoms with van der Waals surface area (Å²) in [5.41, 5.74) is 1.07. The minimum atomic E-state index is 0.442. The maximum Gasteiger partial charge on any atom is 0.0551 e. The van der Waals surface area contributed by atoms with Gasteiger partial charge in [-0.25, -0.2) is 0 Å². The van der Waals surface area contributed by atoms with Crippen LogP contribution in [0, 0.1) is 0 Å². The summed E-state index contributed by atoms with van der Waals surface area (Å²) in [7, 11) is 0. The molecule has 11 heavy (non-hydrogen) atoms. The lowest BCUT2D eigenvalue weighted by Crippen LogP contribution is -2.11. The number of hydrogen-bond acceptors (Lipinski definition) is 1. The van der Waals surface area contributed by atoms with Crippen molar-refractivity contribution in [3.63, 3.8) is 0 Å². The second kappa shape index (κ2) is 3.91. The van der Waals surface area contributed by atoms with Crippen molar-refractivity contribution in [2.45, 2.75) is 39.2 Å². The zero-order valence-electron chi connectivity index (χ0n) is 7.10. The molecule has 0 fully saturated rings. The Balaban J connectivity index is 2.56. The number of halogens is 1. The summed E-state index contributed by atoms with van der Waals surface area (Å²) < 4.78 is 0. The van der Waals surface area contributed by atoms with E-state index in [4.69, 9.17) is 11.6 Å². The van der Waals surface area contributed by atoms with Gasteiger partial charge >= 0.3 is 0 Å². The van der Waals surface area contributed by atoms with Gasteiger partial charge < -0.3 is 0 Å². The molecular weight excluding hydrogens is 158 g/mol. The van der Waals surface area contributed by atoms with E-state index in [1.165, 1.54) is 6.42 Å². The summed E-state index contributed by atoms with van der Waals surface area (Å²) in [6.07, 6.45) is 5.23. The molecule has 1 heterocycles. The van der Waals surface area contributed by atoms with E-state index < -0.39 is 0 Å². The van der Waals surface area contributed by atoms with Crippen molar-refractivity contribution in [2.24, 2.45) is 4.99 Å². The molecule has 0 spiro atoms. The highest BCUT2D eigenvalue weighted by atomic mass is 35.5. The van der Waals surface area contributed by atoms with Crippen molar-refractivity contribution in [1.29, 1.82) is 0 Å². The van der Waals surface area contributed by atoms with Crippen molar-refractivity contribution < 1.29 is 0 Å². The van der Waals surface area contributed by atoms with E-state index in [0.29, 0.717) is 6.04 Å². The molecule has 1 unspecified atom stereocenters. The fourth-order valence-corrected chi connectivity index (χ4v) is 1.72. The Morgan fingerprint density at radius 1 is 1.73 bits per heavy atom. The van der Waals surface area contributed by atoms with Crippen LogP contribution in [0.15, 0.2) is 16.1 Å². The molecule has 0 aliphatic carbocycles. The highest BCUT2D eigenvalue weighted by Crippen LogP contribution is 2.20. The van der Waals surface area contributed by atoms with Crippen molar-refractivity contribution in [3.8, 4) is 0 Å². The average Bonchev–Trinajstić information content (AvgIpc) is 1.85. The molecule has 62 valence electrons. The molecule has 0 N–H and O–H groups in total. The van der Waals surface area contributed by atoms with E-state index in [2.05, 4.69) is 11.9 Å². The fourth-order valence-electron chi connectivity index (χ4n) is 1.38. The number of allylic oxidation sites excluding steroid dienone is 1. The maximum absolute atomic E-state index is 5.92. The van der Waals surface area contributed by atoms with Gasteiger partial charge in [-0.1, -0.05) is 24.9 Å². The van der Waals surface area contributed by atoms with Gasteiger partial charge in [0, 0.05) is 17.2 Å². The maximum atomic E-state index is 5.92. The second-order valence-electron chi connectivity index (χ2n) is 3.01. The van der Waals surface area contributed by atoms with E-state index in [0.717, 1.165) is 23.6 Å². The monoisotopic (exact) mass is 171 g/mol. The molecule has 1 nitrogen and oxygen atoms in total. The molecule has 0 aromatic rings. The van der Waals surface area contributed by atoms with Crippen molar-refractivity contribution >= 4 is 17.3 Å². The van der Waals surface area contributed by atoms with Crippen LogP contribution in [0.2, 0.25) is 0 Å². The molecular formula is C9H14ClN. The SMILES string of the molecule is CCCC1CC(Cl)=CC(C)=N1. The van der Waals surface area contributed by atoms with Crippen LogP contribution in [0.3, 0.4) is 0 Å². The van der Waals surface area contributed by atoms with Crippen molar-refractivity contribution in [3.05, 3.63) is 11.1 Å². The zero-order chi connectivity index (χ0) is 8.27. The summed E-state index contributed by atoms with van der Waals surface area (Å²) in [4.78, 5) is 4.48. The molecule has 0 saturated carbocycles. The van der Waals surface area contributed by atoms with E-state index in [1.54, 1.807) is 0 Å². The van der Waals surface area contributed by atoms with Gasteiger partial charge in [0.1, 0.15) is 0 Å². The first-order valence-electron chi connectivity index (χ1n) is 4.13. The largest absolute Gasteiger partial charge is 0.286 e. The van der Waals surface area contributed by atoms with Crippen LogP contribution in [-0.4, -0.2) is 11.8 Å². The van der Waals surface area contributed by atoms with Gasteiger partial charge in [-0.05, 0) is 19.4 Å². The predicted molar refractivity (Wildman–Crippen MR) is 50.4 cm³/mol. The Hall–Kier alpha value is -0.300. The van der Waals surface area contributed by atoms with Gasteiger partial charge in [0.05, 0.1) is 6.04 Å². The first-order chi connectivity index (χ1) is 5.22. The quantitative estimate of drug-likeness (QED) is 0.606. The molecule has 0 radical (unpaired) electrons. The van der Waals surface area contributed by atoms with Crippen LogP contribution in [0.5, 0.6) is 0 Å². The Morgan fingerprint density at radius 2 is 2.45 bits per heavy atom. The Labute approximate surface area is 73.2 Å². The molecule has 1 rings (SSSR count). The second-order valence-corrected chi connectivity index (χ2v) is 3.49. The van der Waals surface area contributed by atoms with Gasteiger partial charge in [-0.2, -0.15) is 0 Å². The van der Waals surface area contributed by atoms with Gasteiger partial charge in [0.25, 0.3) is 0 Å². The molecule has 2 heteroatoms. The molecule has 0 saturated heterocycles. The number of dihydropyridines is 1. The Bertz CT molecular complexity index is 194. The van der Waals surface area contributed by atoms with Gasteiger partial charge in [0.15, 0.2) is 0 Å². The summed E-state index contributed by atoms with van der Waals surface area (Å²) >= 11 is 5.92. The minimum absolute atomic E-state index is 0.442. The van der Waals surface area contributed by atoms with Crippen molar-refractivity contribution in [1.82, 2.24) is 0 Å². The zero-order valence-corrected chi connectivity index (χ0v) is 7.86. The van der Waals surface area contributed by atoms with E-state index in [9.17, 15) is 0 Å². The first kappa shape index (κ1) is 8.79. The topological polar surface area (TPSA) is 12.4 Å². The van der Waals surface area contributed by atoms with Crippen LogP contribution in [-0.2, 0) is 0 Å². The predicted octanol–water partition coefficient (Wildman–Crippen LogP) is 3.14. The molecule has 0 aromatic heterocycles. The normalized spacial score (nSPS) is 24.5. The summed E-state index contributed by atoms with van der Waals surface area (Å²) in [5, 5.41) is 0.955. The summed E-state index contributed by atoms with van der Waals surface area (Å²) in [6, 6.07) is 0.442.